The van der Waals surface area contributed by atoms with Crippen LogP contribution in [0.15, 0.2) is 18.2 Å². The van der Waals surface area contributed by atoms with E-state index < -0.39 is 16.4 Å². The van der Waals surface area contributed by atoms with Crippen LogP contribution in [0, 0.1) is 10.1 Å². The van der Waals surface area contributed by atoms with Crippen LogP contribution in [-0.4, -0.2) is 26.6 Å². The number of non-ortho nitro benzene ring substituents is 1. The lowest BCUT2D eigenvalue weighted by atomic mass is 9.86. The summed E-state index contributed by atoms with van der Waals surface area (Å²) in [6, 6.07) is 4.14. The normalized spacial score (nSPS) is 17.8. The largest absolute Gasteiger partial charge is 0.285 e. The van der Waals surface area contributed by atoms with Gasteiger partial charge in [0.05, 0.1) is 16.0 Å². The standard InChI is InChI=1S/C11H12N2O4/c1-11(2)6-7-3-4-8(13(16)17)5-9(7)10(14)12(11)15/h3-5,15H,6H2,1-2H3. The lowest BCUT2D eigenvalue weighted by Gasteiger charge is -2.38. The van der Waals surface area contributed by atoms with Crippen molar-refractivity contribution < 1.29 is 14.9 Å². The minimum Gasteiger partial charge on any atom is -0.285 e. The Morgan fingerprint density at radius 1 is 1.47 bits per heavy atom. The molecule has 0 fully saturated rings. The molecule has 6 nitrogen and oxygen atoms in total. The number of rotatable bonds is 1. The average molecular weight is 236 g/mol. The van der Waals surface area contributed by atoms with Gasteiger partial charge in [0.25, 0.3) is 11.6 Å². The molecule has 0 atom stereocenters. The van der Waals surface area contributed by atoms with Gasteiger partial charge >= 0.3 is 0 Å². The Bertz CT molecular complexity index is 510. The van der Waals surface area contributed by atoms with E-state index in [0.717, 1.165) is 5.56 Å². The molecule has 1 aliphatic heterocycles. The van der Waals surface area contributed by atoms with Crippen LogP contribution in [0.4, 0.5) is 5.69 Å². The summed E-state index contributed by atoms with van der Waals surface area (Å²) in [5, 5.41) is 21.0. The molecule has 1 aromatic rings. The number of hydrogen-bond donors (Lipinski definition) is 1. The van der Waals surface area contributed by atoms with Crippen molar-refractivity contribution in [1.29, 1.82) is 0 Å². The van der Waals surface area contributed by atoms with E-state index in [0.29, 0.717) is 11.5 Å². The van der Waals surface area contributed by atoms with Gasteiger partial charge in [0.15, 0.2) is 0 Å². The van der Waals surface area contributed by atoms with Crippen molar-refractivity contribution in [3.05, 3.63) is 39.4 Å². The van der Waals surface area contributed by atoms with Crippen LogP contribution >= 0.6 is 0 Å². The third-order valence-electron chi connectivity index (χ3n) is 2.92. The molecule has 0 unspecified atom stereocenters. The van der Waals surface area contributed by atoms with Crippen LogP contribution in [0.25, 0.3) is 0 Å². The van der Waals surface area contributed by atoms with Crippen molar-refractivity contribution in [2.24, 2.45) is 0 Å². The molecule has 0 saturated carbocycles. The van der Waals surface area contributed by atoms with Crippen LogP contribution in [0.3, 0.4) is 0 Å². The van der Waals surface area contributed by atoms with Gasteiger partial charge in [-0.1, -0.05) is 6.07 Å². The summed E-state index contributed by atoms with van der Waals surface area (Å²) >= 11 is 0. The van der Waals surface area contributed by atoms with E-state index in [1.165, 1.54) is 12.1 Å². The topological polar surface area (TPSA) is 83.7 Å². The van der Waals surface area contributed by atoms with Gasteiger partial charge in [0, 0.05) is 12.1 Å². The highest BCUT2D eigenvalue weighted by Gasteiger charge is 2.38. The molecule has 0 aliphatic carbocycles. The second-order valence-electron chi connectivity index (χ2n) is 4.70. The van der Waals surface area contributed by atoms with Gasteiger partial charge in [0.1, 0.15) is 0 Å². The van der Waals surface area contributed by atoms with Gasteiger partial charge in [-0.2, -0.15) is 0 Å². The van der Waals surface area contributed by atoms with Crippen LogP contribution in [0.1, 0.15) is 29.8 Å². The van der Waals surface area contributed by atoms with E-state index in [1.54, 1.807) is 19.9 Å². The highest BCUT2D eigenvalue weighted by molar-refractivity contribution is 5.97. The Hall–Kier alpha value is -1.95. The molecule has 1 amide bonds. The first-order valence-electron chi connectivity index (χ1n) is 5.14. The Labute approximate surface area is 97.6 Å². The van der Waals surface area contributed by atoms with Crippen LogP contribution in [0.5, 0.6) is 0 Å². The molecule has 2 rings (SSSR count). The summed E-state index contributed by atoms with van der Waals surface area (Å²) < 4.78 is 0. The Morgan fingerprint density at radius 3 is 2.71 bits per heavy atom. The summed E-state index contributed by atoms with van der Waals surface area (Å²) in [6.45, 7) is 3.46. The number of carbonyl (C=O) groups excluding carboxylic acids is 1. The molecule has 0 radical (unpaired) electrons. The van der Waals surface area contributed by atoms with Gasteiger partial charge in [0.2, 0.25) is 0 Å². The quantitative estimate of drug-likeness (QED) is 0.457. The van der Waals surface area contributed by atoms with Gasteiger partial charge in [-0.15, -0.1) is 0 Å². The number of nitro groups is 1. The van der Waals surface area contributed by atoms with Crippen molar-refractivity contribution in [3.63, 3.8) is 0 Å². The monoisotopic (exact) mass is 236 g/mol. The Kier molecular flexibility index (Phi) is 2.39. The van der Waals surface area contributed by atoms with E-state index in [1.807, 2.05) is 0 Å². The first-order valence-corrected chi connectivity index (χ1v) is 5.14. The second-order valence-corrected chi connectivity index (χ2v) is 4.70. The fourth-order valence-electron chi connectivity index (χ4n) is 1.96. The third-order valence-corrected chi connectivity index (χ3v) is 2.92. The van der Waals surface area contributed by atoms with Gasteiger partial charge in [-0.3, -0.25) is 20.1 Å². The molecular formula is C11H12N2O4. The van der Waals surface area contributed by atoms with E-state index in [-0.39, 0.29) is 11.3 Å². The Balaban J connectivity index is 2.54. The van der Waals surface area contributed by atoms with E-state index in [9.17, 15) is 20.1 Å². The minimum absolute atomic E-state index is 0.148. The Morgan fingerprint density at radius 2 is 2.12 bits per heavy atom. The fourth-order valence-corrected chi connectivity index (χ4v) is 1.96. The average Bonchev–Trinajstić information content (AvgIpc) is 2.25. The van der Waals surface area contributed by atoms with Crippen LogP contribution < -0.4 is 0 Å². The number of nitro benzene ring substituents is 1. The molecule has 1 aromatic carbocycles. The maximum Gasteiger partial charge on any atom is 0.278 e. The molecule has 0 aromatic heterocycles. The molecule has 1 heterocycles. The second kappa shape index (κ2) is 3.53. The van der Waals surface area contributed by atoms with Gasteiger partial charge in [-0.05, 0) is 25.8 Å². The van der Waals surface area contributed by atoms with Crippen LogP contribution in [0.2, 0.25) is 0 Å². The number of hydroxylamine groups is 2. The number of nitrogens with zero attached hydrogens (tertiary/aromatic N) is 2. The number of amides is 1. The smallest absolute Gasteiger partial charge is 0.278 e. The van der Waals surface area contributed by atoms with Crippen molar-refractivity contribution in [2.75, 3.05) is 0 Å². The zero-order valence-electron chi connectivity index (χ0n) is 9.51. The molecule has 1 N–H and O–H groups in total. The molecular weight excluding hydrogens is 224 g/mol. The van der Waals surface area contributed by atoms with E-state index in [2.05, 4.69) is 0 Å². The summed E-state index contributed by atoms with van der Waals surface area (Å²) in [4.78, 5) is 21.9. The summed E-state index contributed by atoms with van der Waals surface area (Å²) in [7, 11) is 0. The summed E-state index contributed by atoms with van der Waals surface area (Å²) in [5.41, 5.74) is 0.0716. The van der Waals surface area contributed by atoms with E-state index in [4.69, 9.17) is 0 Å². The SMILES string of the molecule is CC1(C)Cc2ccc([N+](=O)[O-])cc2C(=O)N1O. The number of carbonyl (C=O) groups is 1. The van der Waals surface area contributed by atoms with E-state index >= 15 is 0 Å². The molecule has 0 spiro atoms. The fraction of sp³-hybridized carbons (Fsp3) is 0.364. The molecule has 6 heteroatoms. The van der Waals surface area contributed by atoms with Gasteiger partial charge < -0.3 is 0 Å². The summed E-state index contributed by atoms with van der Waals surface area (Å²) in [5.74, 6) is -0.597. The van der Waals surface area contributed by atoms with Crippen molar-refractivity contribution in [3.8, 4) is 0 Å². The summed E-state index contributed by atoms with van der Waals surface area (Å²) in [6.07, 6.45) is 0.461. The highest BCUT2D eigenvalue weighted by atomic mass is 16.6. The third kappa shape index (κ3) is 1.76. The molecule has 1 aliphatic rings. The van der Waals surface area contributed by atoms with Gasteiger partial charge in [-0.25, -0.2) is 5.06 Å². The predicted octanol–water partition coefficient (Wildman–Crippen LogP) is 1.76. The minimum atomic E-state index is -0.694. The number of hydrogen-bond acceptors (Lipinski definition) is 4. The highest BCUT2D eigenvalue weighted by Crippen LogP contribution is 2.31. The maximum atomic E-state index is 11.9. The lowest BCUT2D eigenvalue weighted by Crippen LogP contribution is -2.50. The van der Waals surface area contributed by atoms with Crippen molar-refractivity contribution in [1.82, 2.24) is 5.06 Å². The number of benzene rings is 1. The first-order chi connectivity index (χ1) is 7.83. The van der Waals surface area contributed by atoms with Crippen molar-refractivity contribution >= 4 is 11.6 Å². The number of fused-ring (bicyclic) bond motifs is 1. The van der Waals surface area contributed by atoms with Crippen LogP contribution in [-0.2, 0) is 6.42 Å². The van der Waals surface area contributed by atoms with Crippen molar-refractivity contribution in [2.45, 2.75) is 25.8 Å². The molecule has 17 heavy (non-hydrogen) atoms. The zero-order valence-corrected chi connectivity index (χ0v) is 9.51. The molecule has 90 valence electrons. The zero-order chi connectivity index (χ0) is 12.8. The molecule has 0 saturated heterocycles. The predicted molar refractivity (Wildman–Crippen MR) is 58.8 cm³/mol. The molecule has 0 bridgehead atoms. The maximum absolute atomic E-state index is 11.9. The first kappa shape index (κ1) is 11.5. The lowest BCUT2D eigenvalue weighted by molar-refractivity contribution is -0.384.